The molecular formula is C12H7F4N3S. The van der Waals surface area contributed by atoms with Crippen molar-refractivity contribution in [1.29, 1.82) is 0 Å². The maximum Gasteiger partial charge on any atom is 0.185 e. The first-order valence-electron chi connectivity index (χ1n) is 5.25. The molecule has 0 aliphatic heterocycles. The third kappa shape index (κ3) is 2.55. The number of pyridine rings is 1. The number of rotatable bonds is 3. The molecule has 104 valence electrons. The molecule has 1 aromatic heterocycles. The van der Waals surface area contributed by atoms with E-state index in [4.69, 9.17) is 18.0 Å². The highest BCUT2D eigenvalue weighted by molar-refractivity contribution is 7.80. The summed E-state index contributed by atoms with van der Waals surface area (Å²) < 4.78 is 53.3. The van der Waals surface area contributed by atoms with Gasteiger partial charge in [0.25, 0.3) is 0 Å². The topological polar surface area (TPSA) is 50.9 Å². The van der Waals surface area contributed by atoms with Crippen LogP contribution >= 0.6 is 12.2 Å². The summed E-state index contributed by atoms with van der Waals surface area (Å²) >= 11 is 4.76. The number of benzene rings is 1. The Bertz CT molecular complexity index is 664. The van der Waals surface area contributed by atoms with Crippen molar-refractivity contribution < 1.29 is 17.6 Å². The number of anilines is 2. The van der Waals surface area contributed by atoms with Crippen molar-refractivity contribution in [1.82, 2.24) is 4.98 Å². The summed E-state index contributed by atoms with van der Waals surface area (Å²) in [7, 11) is 0. The molecule has 3 nitrogen and oxygen atoms in total. The molecule has 1 heterocycles. The molecule has 0 saturated carbocycles. The van der Waals surface area contributed by atoms with Crippen LogP contribution in [-0.4, -0.2) is 9.97 Å². The highest BCUT2D eigenvalue weighted by atomic mass is 32.1. The van der Waals surface area contributed by atoms with Gasteiger partial charge in [-0.05, 0) is 6.07 Å². The van der Waals surface area contributed by atoms with Gasteiger partial charge >= 0.3 is 0 Å². The minimum Gasteiger partial charge on any atom is -0.389 e. The van der Waals surface area contributed by atoms with E-state index < -0.39 is 29.0 Å². The van der Waals surface area contributed by atoms with Crippen molar-refractivity contribution in [2.75, 3.05) is 5.32 Å². The van der Waals surface area contributed by atoms with Crippen LogP contribution in [0.2, 0.25) is 0 Å². The van der Waals surface area contributed by atoms with Crippen molar-refractivity contribution in [3.63, 3.8) is 0 Å². The highest BCUT2D eigenvalue weighted by Crippen LogP contribution is 2.28. The van der Waals surface area contributed by atoms with E-state index in [1.165, 1.54) is 18.5 Å². The van der Waals surface area contributed by atoms with Crippen LogP contribution in [0.15, 0.2) is 24.5 Å². The zero-order chi connectivity index (χ0) is 14.9. The first-order chi connectivity index (χ1) is 9.41. The lowest BCUT2D eigenvalue weighted by Crippen LogP contribution is -2.13. The van der Waals surface area contributed by atoms with Crippen molar-refractivity contribution >= 4 is 28.6 Å². The molecule has 0 aliphatic carbocycles. The van der Waals surface area contributed by atoms with E-state index in [0.29, 0.717) is 0 Å². The minimum atomic E-state index is -1.55. The number of halogens is 4. The van der Waals surface area contributed by atoms with Crippen LogP contribution < -0.4 is 11.1 Å². The summed E-state index contributed by atoms with van der Waals surface area (Å²) in [4.78, 5) is 3.66. The van der Waals surface area contributed by atoms with Gasteiger partial charge in [-0.15, -0.1) is 0 Å². The normalized spacial score (nSPS) is 10.4. The summed E-state index contributed by atoms with van der Waals surface area (Å²) in [5.41, 5.74) is 4.72. The zero-order valence-corrected chi connectivity index (χ0v) is 10.6. The van der Waals surface area contributed by atoms with Gasteiger partial charge < -0.3 is 11.1 Å². The molecule has 3 N–H and O–H groups in total. The Hall–Kier alpha value is -2.22. The summed E-state index contributed by atoms with van der Waals surface area (Å²) in [6, 6.07) is 1.52. The summed E-state index contributed by atoms with van der Waals surface area (Å²) in [5, 5.41) is 2.21. The van der Waals surface area contributed by atoms with Gasteiger partial charge in [0.2, 0.25) is 0 Å². The first kappa shape index (κ1) is 14.2. The second-order valence-corrected chi connectivity index (χ2v) is 4.19. The number of nitrogens with one attached hydrogen (secondary N) is 1. The van der Waals surface area contributed by atoms with Crippen LogP contribution in [0.4, 0.5) is 28.9 Å². The fourth-order valence-electron chi connectivity index (χ4n) is 1.53. The smallest absolute Gasteiger partial charge is 0.185 e. The predicted molar refractivity (Wildman–Crippen MR) is 69.7 cm³/mol. The molecule has 0 aliphatic rings. The highest BCUT2D eigenvalue weighted by Gasteiger charge is 2.20. The summed E-state index contributed by atoms with van der Waals surface area (Å²) in [6.07, 6.45) is 2.54. The number of aromatic nitrogens is 1. The quantitative estimate of drug-likeness (QED) is 0.520. The summed E-state index contributed by atoms with van der Waals surface area (Å²) in [6.45, 7) is 0. The van der Waals surface area contributed by atoms with E-state index in [2.05, 4.69) is 10.3 Å². The van der Waals surface area contributed by atoms with Crippen LogP contribution in [0.25, 0.3) is 0 Å². The molecule has 0 atom stereocenters. The van der Waals surface area contributed by atoms with Gasteiger partial charge in [-0.2, -0.15) is 0 Å². The van der Waals surface area contributed by atoms with E-state index in [1.54, 1.807) is 0 Å². The third-order valence-corrected chi connectivity index (χ3v) is 2.68. The fourth-order valence-corrected chi connectivity index (χ4v) is 1.70. The van der Waals surface area contributed by atoms with E-state index >= 15 is 0 Å². The van der Waals surface area contributed by atoms with E-state index in [9.17, 15) is 17.6 Å². The van der Waals surface area contributed by atoms with Crippen molar-refractivity contribution in [3.05, 3.63) is 53.4 Å². The number of nitrogens with zero attached hydrogens (tertiary/aromatic N) is 1. The molecule has 0 saturated heterocycles. The zero-order valence-electron chi connectivity index (χ0n) is 9.75. The average Bonchev–Trinajstić information content (AvgIpc) is 2.41. The van der Waals surface area contributed by atoms with E-state index in [0.717, 1.165) is 0 Å². The van der Waals surface area contributed by atoms with E-state index in [1.807, 2.05) is 0 Å². The van der Waals surface area contributed by atoms with Gasteiger partial charge in [0.05, 0.1) is 11.9 Å². The van der Waals surface area contributed by atoms with Gasteiger partial charge in [0.1, 0.15) is 10.7 Å². The van der Waals surface area contributed by atoms with E-state index in [-0.39, 0.29) is 22.3 Å². The van der Waals surface area contributed by atoms with Crippen LogP contribution in [0.5, 0.6) is 0 Å². The second kappa shape index (κ2) is 5.41. The SMILES string of the molecule is NC(=S)c1ccncc1Nc1c(F)c(F)cc(F)c1F. The summed E-state index contributed by atoms with van der Waals surface area (Å²) in [5.74, 6) is -6.15. The number of hydrogen-bond acceptors (Lipinski definition) is 3. The lowest BCUT2D eigenvalue weighted by atomic mass is 10.2. The molecule has 8 heteroatoms. The predicted octanol–water partition coefficient (Wildman–Crippen LogP) is 3.02. The molecule has 0 unspecified atom stereocenters. The standard InChI is InChI=1S/C12H7F4N3S/c13-6-3-7(14)10(16)11(9(6)15)19-8-4-18-2-1-5(8)12(17)20/h1-4,19H,(H2,17,20). The van der Waals surface area contributed by atoms with Crippen molar-refractivity contribution in [2.45, 2.75) is 0 Å². The monoisotopic (exact) mass is 301 g/mol. The molecular weight excluding hydrogens is 294 g/mol. The lowest BCUT2D eigenvalue weighted by molar-refractivity contribution is 0.459. The van der Waals surface area contributed by atoms with Gasteiger partial charge in [-0.1, -0.05) is 12.2 Å². The van der Waals surface area contributed by atoms with Crippen LogP contribution in [0.1, 0.15) is 5.56 Å². The van der Waals surface area contributed by atoms with Crippen LogP contribution in [0, 0.1) is 23.3 Å². The Morgan fingerprint density at radius 2 is 1.75 bits per heavy atom. The van der Waals surface area contributed by atoms with Crippen molar-refractivity contribution in [2.24, 2.45) is 5.73 Å². The largest absolute Gasteiger partial charge is 0.389 e. The number of hydrogen-bond donors (Lipinski definition) is 2. The second-order valence-electron chi connectivity index (χ2n) is 3.75. The number of thiocarbonyl (C=S) groups is 1. The van der Waals surface area contributed by atoms with Gasteiger partial charge in [-0.3, -0.25) is 4.98 Å². The Morgan fingerprint density at radius 1 is 1.15 bits per heavy atom. The van der Waals surface area contributed by atoms with Crippen LogP contribution in [0.3, 0.4) is 0 Å². The Kier molecular flexibility index (Phi) is 3.84. The maximum absolute atomic E-state index is 13.5. The van der Waals surface area contributed by atoms with Crippen LogP contribution in [-0.2, 0) is 0 Å². The Morgan fingerprint density at radius 3 is 2.30 bits per heavy atom. The molecule has 20 heavy (non-hydrogen) atoms. The molecule has 0 amide bonds. The molecule has 2 rings (SSSR count). The average molecular weight is 301 g/mol. The van der Waals surface area contributed by atoms with Gasteiger partial charge in [-0.25, -0.2) is 17.6 Å². The first-order valence-corrected chi connectivity index (χ1v) is 5.66. The molecule has 2 aromatic rings. The Labute approximate surface area is 116 Å². The molecule has 0 radical (unpaired) electrons. The maximum atomic E-state index is 13.5. The van der Waals surface area contributed by atoms with Gasteiger partial charge in [0.15, 0.2) is 23.3 Å². The lowest BCUT2D eigenvalue weighted by Gasteiger charge is -2.12. The molecule has 0 spiro atoms. The molecule has 1 aromatic carbocycles. The van der Waals surface area contributed by atoms with Crippen molar-refractivity contribution in [3.8, 4) is 0 Å². The third-order valence-electron chi connectivity index (χ3n) is 2.46. The fraction of sp³-hybridized carbons (Fsp3) is 0. The minimum absolute atomic E-state index is 0.0304. The van der Waals surface area contributed by atoms with Gasteiger partial charge in [0, 0.05) is 17.8 Å². The Balaban J connectivity index is 2.54. The number of nitrogens with two attached hydrogens (primary N) is 1. The molecule has 0 bridgehead atoms. The molecule has 0 fully saturated rings.